The van der Waals surface area contributed by atoms with Crippen molar-refractivity contribution in [3.63, 3.8) is 0 Å². The average molecular weight is 279 g/mol. The van der Waals surface area contributed by atoms with Crippen LogP contribution >= 0.6 is 0 Å². The van der Waals surface area contributed by atoms with Gasteiger partial charge in [0.25, 0.3) is 0 Å². The lowest BCUT2D eigenvalue weighted by atomic mass is 9.82. The van der Waals surface area contributed by atoms with E-state index in [1.165, 1.54) is 10.6 Å². The second kappa shape index (κ2) is 5.47. The number of hydrogen-bond donors (Lipinski definition) is 1. The summed E-state index contributed by atoms with van der Waals surface area (Å²) < 4.78 is 25.1. The fourth-order valence-corrected chi connectivity index (χ4v) is 3.62. The van der Waals surface area contributed by atoms with Gasteiger partial charge < -0.3 is 5.11 Å². The summed E-state index contributed by atoms with van der Waals surface area (Å²) in [6.45, 7) is 13.7. The van der Waals surface area contributed by atoms with Crippen LogP contribution < -0.4 is 0 Å². The first kappa shape index (κ1) is 17.9. The zero-order valence-electron chi connectivity index (χ0n) is 13.0. The van der Waals surface area contributed by atoms with Gasteiger partial charge in [0, 0.05) is 12.1 Å². The Morgan fingerprint density at radius 2 is 1.50 bits per heavy atom. The van der Waals surface area contributed by atoms with E-state index in [1.54, 1.807) is 0 Å². The summed E-state index contributed by atoms with van der Waals surface area (Å²) in [5, 5.41) is 10.2. The normalized spacial score (nSPS) is 17.9. The molecule has 0 saturated carbocycles. The zero-order chi connectivity index (χ0) is 14.9. The second-order valence-electron chi connectivity index (χ2n) is 7.25. The molecule has 2 atom stereocenters. The van der Waals surface area contributed by atoms with E-state index in [0.29, 0.717) is 6.54 Å². The largest absolute Gasteiger partial charge is 0.392 e. The van der Waals surface area contributed by atoms with E-state index >= 15 is 0 Å². The number of hydrogen-bond acceptors (Lipinski definition) is 3. The molecule has 0 amide bonds. The molecule has 0 fully saturated rings. The summed E-state index contributed by atoms with van der Waals surface area (Å²) in [5.41, 5.74) is -0.722. The molecule has 0 spiro atoms. The summed E-state index contributed by atoms with van der Waals surface area (Å²) in [5.74, 6) is -0.112. The third-order valence-electron chi connectivity index (χ3n) is 3.03. The minimum Gasteiger partial charge on any atom is -0.392 e. The maximum atomic E-state index is 11.8. The minimum absolute atomic E-state index is 0.112. The summed E-state index contributed by atoms with van der Waals surface area (Å²) in [6, 6.07) is 0. The van der Waals surface area contributed by atoms with Gasteiger partial charge in [-0.1, -0.05) is 27.7 Å². The Balaban J connectivity index is 5.05. The van der Waals surface area contributed by atoms with E-state index < -0.39 is 21.7 Å². The van der Waals surface area contributed by atoms with Crippen LogP contribution in [-0.4, -0.2) is 42.3 Å². The number of rotatable bonds is 4. The Bertz CT molecular complexity index is 363. The Labute approximate surface area is 112 Å². The van der Waals surface area contributed by atoms with Crippen LogP contribution in [0.5, 0.6) is 0 Å². The van der Waals surface area contributed by atoms with Crippen molar-refractivity contribution in [3.05, 3.63) is 0 Å². The first-order valence-corrected chi connectivity index (χ1v) is 8.18. The SMILES string of the molecule is CC(CN(C(C)(C)C)S(C)(=O)=O)C(O)C(C)(C)C. The molecule has 0 bridgehead atoms. The molecule has 0 aromatic carbocycles. The molecule has 4 nitrogen and oxygen atoms in total. The van der Waals surface area contributed by atoms with E-state index in [4.69, 9.17) is 0 Å². The molecule has 0 rings (SSSR count). The van der Waals surface area contributed by atoms with Crippen molar-refractivity contribution in [1.82, 2.24) is 4.31 Å². The van der Waals surface area contributed by atoms with Crippen LogP contribution in [0.15, 0.2) is 0 Å². The Morgan fingerprint density at radius 3 is 1.72 bits per heavy atom. The topological polar surface area (TPSA) is 57.6 Å². The van der Waals surface area contributed by atoms with Crippen molar-refractivity contribution >= 4 is 10.0 Å². The Morgan fingerprint density at radius 1 is 1.11 bits per heavy atom. The highest BCUT2D eigenvalue weighted by Gasteiger charge is 2.35. The predicted octanol–water partition coefficient (Wildman–Crippen LogP) is 2.09. The van der Waals surface area contributed by atoms with Gasteiger partial charge in [0.05, 0.1) is 12.4 Å². The van der Waals surface area contributed by atoms with Crippen LogP contribution in [0, 0.1) is 11.3 Å². The fourth-order valence-electron chi connectivity index (χ4n) is 2.12. The van der Waals surface area contributed by atoms with Crippen LogP contribution in [0.25, 0.3) is 0 Å². The lowest BCUT2D eigenvalue weighted by molar-refractivity contribution is 0.00675. The summed E-state index contributed by atoms with van der Waals surface area (Å²) >= 11 is 0. The molecule has 2 unspecified atom stereocenters. The standard InChI is InChI=1S/C13H29NO3S/c1-10(11(15)12(2,3)4)9-14(13(5,6)7)18(8,16)17/h10-11,15H,9H2,1-8H3. The van der Waals surface area contributed by atoms with Crippen molar-refractivity contribution < 1.29 is 13.5 Å². The van der Waals surface area contributed by atoms with Crippen molar-refractivity contribution in [3.8, 4) is 0 Å². The lowest BCUT2D eigenvalue weighted by Gasteiger charge is -2.38. The first-order chi connectivity index (χ1) is 7.67. The third kappa shape index (κ3) is 5.24. The van der Waals surface area contributed by atoms with E-state index in [1.807, 2.05) is 48.5 Å². The zero-order valence-corrected chi connectivity index (χ0v) is 13.8. The molecule has 110 valence electrons. The van der Waals surface area contributed by atoms with Gasteiger partial charge in [-0.2, -0.15) is 4.31 Å². The highest BCUT2D eigenvalue weighted by atomic mass is 32.2. The first-order valence-electron chi connectivity index (χ1n) is 6.33. The molecular formula is C13H29NO3S. The number of aliphatic hydroxyl groups is 1. The van der Waals surface area contributed by atoms with Gasteiger partial charge in [-0.25, -0.2) is 8.42 Å². The highest BCUT2D eigenvalue weighted by Crippen LogP contribution is 2.28. The van der Waals surface area contributed by atoms with E-state index in [-0.39, 0.29) is 11.3 Å². The minimum atomic E-state index is -3.27. The van der Waals surface area contributed by atoms with E-state index in [2.05, 4.69) is 0 Å². The van der Waals surface area contributed by atoms with Crippen LogP contribution in [0.1, 0.15) is 48.5 Å². The van der Waals surface area contributed by atoms with Crippen LogP contribution in [0.4, 0.5) is 0 Å². The van der Waals surface area contributed by atoms with Crippen molar-refractivity contribution in [2.75, 3.05) is 12.8 Å². The molecule has 0 aliphatic rings. The monoisotopic (exact) mass is 279 g/mol. The summed E-state index contributed by atoms with van der Waals surface area (Å²) in [7, 11) is -3.27. The van der Waals surface area contributed by atoms with E-state index in [9.17, 15) is 13.5 Å². The maximum Gasteiger partial charge on any atom is 0.211 e. The molecule has 0 aliphatic carbocycles. The van der Waals surface area contributed by atoms with Crippen LogP contribution in [-0.2, 0) is 10.0 Å². The van der Waals surface area contributed by atoms with Crippen molar-refractivity contribution in [1.29, 1.82) is 0 Å². The van der Waals surface area contributed by atoms with Crippen LogP contribution in [0.2, 0.25) is 0 Å². The number of aliphatic hydroxyl groups excluding tert-OH is 1. The smallest absolute Gasteiger partial charge is 0.211 e. The Hall–Kier alpha value is -0.130. The van der Waals surface area contributed by atoms with Gasteiger partial charge in [-0.15, -0.1) is 0 Å². The number of sulfonamides is 1. The molecule has 0 heterocycles. The molecule has 5 heteroatoms. The molecular weight excluding hydrogens is 250 g/mol. The van der Waals surface area contributed by atoms with Gasteiger partial charge in [-0.05, 0) is 32.1 Å². The van der Waals surface area contributed by atoms with E-state index in [0.717, 1.165) is 0 Å². The fraction of sp³-hybridized carbons (Fsp3) is 1.00. The molecule has 0 radical (unpaired) electrons. The maximum absolute atomic E-state index is 11.8. The number of nitrogens with zero attached hydrogens (tertiary/aromatic N) is 1. The molecule has 0 aliphatic heterocycles. The summed E-state index contributed by atoms with van der Waals surface area (Å²) in [4.78, 5) is 0. The highest BCUT2D eigenvalue weighted by molar-refractivity contribution is 7.88. The van der Waals surface area contributed by atoms with Gasteiger partial charge >= 0.3 is 0 Å². The van der Waals surface area contributed by atoms with Gasteiger partial charge in [-0.3, -0.25) is 0 Å². The quantitative estimate of drug-likeness (QED) is 0.857. The second-order valence-corrected chi connectivity index (χ2v) is 9.16. The van der Waals surface area contributed by atoms with Crippen molar-refractivity contribution in [2.24, 2.45) is 11.3 Å². The summed E-state index contributed by atoms with van der Waals surface area (Å²) in [6.07, 6.45) is 0.679. The molecule has 0 aromatic rings. The third-order valence-corrected chi connectivity index (χ3v) is 4.53. The van der Waals surface area contributed by atoms with Gasteiger partial charge in [0.1, 0.15) is 0 Å². The molecule has 0 aromatic heterocycles. The average Bonchev–Trinajstić information content (AvgIpc) is 2.07. The lowest BCUT2D eigenvalue weighted by Crippen LogP contribution is -2.49. The van der Waals surface area contributed by atoms with Gasteiger partial charge in [0.15, 0.2) is 0 Å². The Kier molecular flexibility index (Phi) is 5.43. The molecule has 1 N–H and O–H groups in total. The van der Waals surface area contributed by atoms with Gasteiger partial charge in [0.2, 0.25) is 10.0 Å². The predicted molar refractivity (Wildman–Crippen MR) is 75.9 cm³/mol. The molecule has 18 heavy (non-hydrogen) atoms. The molecule has 0 saturated heterocycles. The van der Waals surface area contributed by atoms with Crippen molar-refractivity contribution in [2.45, 2.75) is 60.1 Å². The van der Waals surface area contributed by atoms with Crippen LogP contribution in [0.3, 0.4) is 0 Å².